The molecule has 0 saturated heterocycles. The summed E-state index contributed by atoms with van der Waals surface area (Å²) in [6.07, 6.45) is 0.0974. The van der Waals surface area contributed by atoms with Gasteiger partial charge in [0.2, 0.25) is 0 Å². The third-order valence-corrected chi connectivity index (χ3v) is 2.52. The summed E-state index contributed by atoms with van der Waals surface area (Å²) in [5.41, 5.74) is 0.928. The summed E-state index contributed by atoms with van der Waals surface area (Å²) in [7, 11) is 1.57. The van der Waals surface area contributed by atoms with Crippen LogP contribution in [0.25, 0.3) is 0 Å². The molecule has 0 saturated carbocycles. The summed E-state index contributed by atoms with van der Waals surface area (Å²) in [5, 5.41) is 8.74. The minimum absolute atomic E-state index is 0.0624. The summed E-state index contributed by atoms with van der Waals surface area (Å²) in [5.74, 6) is 0.485. The van der Waals surface area contributed by atoms with Gasteiger partial charge in [-0.15, -0.1) is 0 Å². The molecule has 4 heteroatoms. The van der Waals surface area contributed by atoms with Crippen LogP contribution in [-0.4, -0.2) is 24.8 Å². The van der Waals surface area contributed by atoms with E-state index in [1.165, 1.54) is 0 Å². The molecule has 80 valence electrons. The standard InChI is InChI=1S/C11H12O4/c1-14-9-4-2-3-8-7(5-10(12)13)6-15-11(8)9/h2-4,7H,5-6H2,1H3,(H,12,13)/t7-/m0/s1. The Balaban J connectivity index is 2.31. The fourth-order valence-electron chi connectivity index (χ4n) is 1.82. The van der Waals surface area contributed by atoms with Gasteiger partial charge in [-0.1, -0.05) is 12.1 Å². The zero-order valence-corrected chi connectivity index (χ0v) is 8.40. The van der Waals surface area contributed by atoms with Gasteiger partial charge in [-0.3, -0.25) is 4.79 Å². The van der Waals surface area contributed by atoms with Crippen molar-refractivity contribution < 1.29 is 19.4 Å². The van der Waals surface area contributed by atoms with Gasteiger partial charge >= 0.3 is 5.97 Å². The van der Waals surface area contributed by atoms with Gasteiger partial charge < -0.3 is 14.6 Å². The Morgan fingerprint density at radius 2 is 2.47 bits per heavy atom. The highest BCUT2D eigenvalue weighted by Gasteiger charge is 2.28. The maximum Gasteiger partial charge on any atom is 0.304 e. The third kappa shape index (κ3) is 1.75. The Bertz CT molecular complexity index is 386. The number of hydrogen-bond donors (Lipinski definition) is 1. The van der Waals surface area contributed by atoms with Gasteiger partial charge in [-0.2, -0.15) is 0 Å². The van der Waals surface area contributed by atoms with Crippen molar-refractivity contribution in [2.24, 2.45) is 0 Å². The summed E-state index contributed by atoms with van der Waals surface area (Å²) < 4.78 is 10.6. The predicted octanol–water partition coefficient (Wildman–Crippen LogP) is 1.65. The van der Waals surface area contributed by atoms with Crippen molar-refractivity contribution in [2.45, 2.75) is 12.3 Å². The highest BCUT2D eigenvalue weighted by Crippen LogP contribution is 2.42. The topological polar surface area (TPSA) is 55.8 Å². The van der Waals surface area contributed by atoms with Crippen molar-refractivity contribution >= 4 is 5.97 Å². The lowest BCUT2D eigenvalue weighted by Crippen LogP contribution is -2.07. The Hall–Kier alpha value is -1.71. The minimum atomic E-state index is -0.806. The Kier molecular flexibility index (Phi) is 2.49. The van der Waals surface area contributed by atoms with E-state index in [1.54, 1.807) is 7.11 Å². The second-order valence-corrected chi connectivity index (χ2v) is 3.48. The number of hydrogen-bond acceptors (Lipinski definition) is 3. The predicted molar refractivity (Wildman–Crippen MR) is 53.5 cm³/mol. The molecule has 0 spiro atoms. The highest BCUT2D eigenvalue weighted by molar-refractivity contribution is 5.69. The summed E-state index contributed by atoms with van der Waals surface area (Å²) in [4.78, 5) is 10.6. The fraction of sp³-hybridized carbons (Fsp3) is 0.364. The van der Waals surface area contributed by atoms with Crippen molar-refractivity contribution in [1.82, 2.24) is 0 Å². The number of rotatable bonds is 3. The molecule has 0 fully saturated rings. The molecule has 1 heterocycles. The van der Waals surface area contributed by atoms with Crippen LogP contribution in [0.2, 0.25) is 0 Å². The first-order chi connectivity index (χ1) is 7.22. The molecule has 0 aromatic heterocycles. The van der Waals surface area contributed by atoms with E-state index in [0.29, 0.717) is 18.1 Å². The van der Waals surface area contributed by atoms with Crippen LogP contribution in [0.4, 0.5) is 0 Å². The molecule has 2 rings (SSSR count). The maximum absolute atomic E-state index is 10.6. The second kappa shape index (κ2) is 3.81. The monoisotopic (exact) mass is 208 g/mol. The molecule has 0 radical (unpaired) electrons. The minimum Gasteiger partial charge on any atom is -0.493 e. The van der Waals surface area contributed by atoms with Crippen LogP contribution < -0.4 is 9.47 Å². The van der Waals surface area contributed by atoms with Crippen LogP contribution in [0.1, 0.15) is 17.9 Å². The zero-order valence-electron chi connectivity index (χ0n) is 8.40. The van der Waals surface area contributed by atoms with Crippen LogP contribution in [0.3, 0.4) is 0 Å². The Labute approximate surface area is 87.4 Å². The smallest absolute Gasteiger partial charge is 0.304 e. The van der Waals surface area contributed by atoms with Gasteiger partial charge in [0.15, 0.2) is 11.5 Å². The number of fused-ring (bicyclic) bond motifs is 1. The van der Waals surface area contributed by atoms with Crippen LogP contribution in [0.5, 0.6) is 11.5 Å². The molecule has 0 amide bonds. The van der Waals surface area contributed by atoms with E-state index in [2.05, 4.69) is 0 Å². The number of carboxylic acids is 1. The molecule has 1 aliphatic heterocycles. The number of ether oxygens (including phenoxy) is 2. The lowest BCUT2D eigenvalue weighted by molar-refractivity contribution is -0.137. The number of benzene rings is 1. The first kappa shape index (κ1) is 9.83. The van der Waals surface area contributed by atoms with Gasteiger partial charge in [0.05, 0.1) is 20.1 Å². The van der Waals surface area contributed by atoms with Crippen molar-refractivity contribution in [1.29, 1.82) is 0 Å². The number of methoxy groups -OCH3 is 1. The van der Waals surface area contributed by atoms with E-state index in [9.17, 15) is 4.79 Å². The molecule has 1 aliphatic rings. The average molecular weight is 208 g/mol. The fourth-order valence-corrected chi connectivity index (χ4v) is 1.82. The second-order valence-electron chi connectivity index (χ2n) is 3.48. The van der Waals surface area contributed by atoms with Gasteiger partial charge in [-0.05, 0) is 6.07 Å². The van der Waals surface area contributed by atoms with E-state index in [4.69, 9.17) is 14.6 Å². The van der Waals surface area contributed by atoms with Crippen LogP contribution >= 0.6 is 0 Å². The molecule has 1 atom stereocenters. The molecule has 0 aliphatic carbocycles. The first-order valence-electron chi connectivity index (χ1n) is 4.74. The van der Waals surface area contributed by atoms with E-state index in [1.807, 2.05) is 18.2 Å². The highest BCUT2D eigenvalue weighted by atomic mass is 16.5. The zero-order chi connectivity index (χ0) is 10.8. The molecule has 1 aromatic carbocycles. The van der Waals surface area contributed by atoms with Gasteiger partial charge in [0.25, 0.3) is 0 Å². The number of para-hydroxylation sites is 1. The molecular formula is C11H12O4. The summed E-state index contributed by atoms with van der Waals surface area (Å²) >= 11 is 0. The van der Waals surface area contributed by atoms with Crippen molar-refractivity contribution in [3.8, 4) is 11.5 Å². The molecule has 1 N–H and O–H groups in total. The SMILES string of the molecule is COc1cccc2c1OC[C@@H]2CC(=O)O. The summed E-state index contributed by atoms with van der Waals surface area (Å²) in [6.45, 7) is 0.419. The third-order valence-electron chi connectivity index (χ3n) is 2.52. The number of aliphatic carboxylic acids is 1. The van der Waals surface area contributed by atoms with Gasteiger partial charge in [0, 0.05) is 11.5 Å². The number of carboxylic acid groups (broad SMARTS) is 1. The van der Waals surface area contributed by atoms with Gasteiger partial charge in [0.1, 0.15) is 0 Å². The lowest BCUT2D eigenvalue weighted by atomic mass is 9.98. The largest absolute Gasteiger partial charge is 0.493 e. The van der Waals surface area contributed by atoms with E-state index in [0.717, 1.165) is 5.56 Å². The van der Waals surface area contributed by atoms with Crippen molar-refractivity contribution in [3.63, 3.8) is 0 Å². The number of carbonyl (C=O) groups is 1. The molecule has 4 nitrogen and oxygen atoms in total. The molecule has 0 bridgehead atoms. The molecule has 1 aromatic rings. The lowest BCUT2D eigenvalue weighted by Gasteiger charge is -2.06. The van der Waals surface area contributed by atoms with E-state index < -0.39 is 5.97 Å². The van der Waals surface area contributed by atoms with Gasteiger partial charge in [-0.25, -0.2) is 0 Å². The van der Waals surface area contributed by atoms with E-state index >= 15 is 0 Å². The van der Waals surface area contributed by atoms with Crippen LogP contribution in [0, 0.1) is 0 Å². The molecule has 15 heavy (non-hydrogen) atoms. The molecule has 0 unspecified atom stereocenters. The summed E-state index contributed by atoms with van der Waals surface area (Å²) in [6, 6.07) is 5.54. The van der Waals surface area contributed by atoms with Crippen LogP contribution in [0.15, 0.2) is 18.2 Å². The Morgan fingerprint density at radius 3 is 3.13 bits per heavy atom. The van der Waals surface area contributed by atoms with Crippen LogP contribution in [-0.2, 0) is 4.79 Å². The normalized spacial score (nSPS) is 18.1. The molecular weight excluding hydrogens is 196 g/mol. The maximum atomic E-state index is 10.6. The quantitative estimate of drug-likeness (QED) is 0.820. The van der Waals surface area contributed by atoms with Crippen molar-refractivity contribution in [2.75, 3.05) is 13.7 Å². The first-order valence-corrected chi connectivity index (χ1v) is 4.74. The average Bonchev–Trinajstić information content (AvgIpc) is 2.61. The van der Waals surface area contributed by atoms with E-state index in [-0.39, 0.29) is 12.3 Å². The Morgan fingerprint density at radius 1 is 1.67 bits per heavy atom. The van der Waals surface area contributed by atoms with Crippen molar-refractivity contribution in [3.05, 3.63) is 23.8 Å².